The van der Waals surface area contributed by atoms with Crippen molar-refractivity contribution in [3.63, 3.8) is 0 Å². The van der Waals surface area contributed by atoms with Crippen LogP contribution < -0.4 is 14.2 Å². The van der Waals surface area contributed by atoms with Crippen molar-refractivity contribution in [3.8, 4) is 28.4 Å². The maximum absolute atomic E-state index is 11.4. The van der Waals surface area contributed by atoms with Crippen LogP contribution in [-0.4, -0.2) is 55.6 Å². The molecule has 8 nitrogen and oxygen atoms in total. The summed E-state index contributed by atoms with van der Waals surface area (Å²) >= 11 is 0. The van der Waals surface area contributed by atoms with Crippen LogP contribution in [0.4, 0.5) is 0 Å². The van der Waals surface area contributed by atoms with Gasteiger partial charge in [-0.1, -0.05) is 31.2 Å². The van der Waals surface area contributed by atoms with Gasteiger partial charge in [-0.25, -0.2) is 0 Å². The minimum Gasteiger partial charge on any atom is -0.492 e. The van der Waals surface area contributed by atoms with Gasteiger partial charge in [-0.3, -0.25) is 13.9 Å². The standard InChI is InChI=1S/C32H38O8S/c1-20-13-26(40-19-32(35)9-11-41(36,37)12-10-32)14-21(2)30(20)24-6-4-5-23(15-24)17-38-25-7-8-27-28(22(3)31(33)34)18-39-29(27)16-25/h4-8,13-16,22,28,35-37H,9-12,17-19H2,1-3H3,(H,33,34)/t22?,28-/m0/s1. The summed E-state index contributed by atoms with van der Waals surface area (Å²) in [6.45, 7) is 6.60. The van der Waals surface area contributed by atoms with Gasteiger partial charge in [-0.05, 0) is 78.8 Å². The van der Waals surface area contributed by atoms with Crippen molar-refractivity contribution < 1.29 is 38.3 Å². The Bertz CT molecular complexity index is 1400. The Hall–Kier alpha value is -3.24. The number of aryl methyl sites for hydroxylation is 2. The molecule has 0 saturated carbocycles. The summed E-state index contributed by atoms with van der Waals surface area (Å²) in [7, 11) is -2.57. The van der Waals surface area contributed by atoms with E-state index in [1.807, 2.05) is 56.3 Å². The Kier molecular flexibility index (Phi) is 8.25. The topological polar surface area (TPSA) is 126 Å². The van der Waals surface area contributed by atoms with E-state index in [1.54, 1.807) is 6.92 Å². The molecule has 2 heterocycles. The Morgan fingerprint density at radius 2 is 1.73 bits per heavy atom. The smallest absolute Gasteiger partial charge is 0.306 e. The van der Waals surface area contributed by atoms with Crippen LogP contribution in [-0.2, 0) is 11.4 Å². The summed E-state index contributed by atoms with van der Waals surface area (Å²) in [5, 5.41) is 20.2. The molecule has 2 atom stereocenters. The van der Waals surface area contributed by atoms with Gasteiger partial charge in [0, 0.05) is 29.1 Å². The molecule has 5 rings (SSSR count). The van der Waals surface area contributed by atoms with Crippen LogP contribution in [0.5, 0.6) is 17.2 Å². The lowest BCUT2D eigenvalue weighted by molar-refractivity contribution is -0.142. The highest BCUT2D eigenvalue weighted by Crippen LogP contribution is 2.47. The first-order valence-electron chi connectivity index (χ1n) is 13.8. The number of hydrogen-bond acceptors (Lipinski definition) is 7. The average molecular weight is 583 g/mol. The van der Waals surface area contributed by atoms with E-state index in [1.165, 1.54) is 0 Å². The molecule has 0 radical (unpaired) electrons. The number of ether oxygens (including phenoxy) is 3. The van der Waals surface area contributed by atoms with Crippen LogP contribution in [0, 0.1) is 19.8 Å². The van der Waals surface area contributed by atoms with E-state index in [0.29, 0.717) is 43.3 Å². The number of carbonyl (C=O) groups is 1. The Morgan fingerprint density at radius 3 is 2.41 bits per heavy atom. The zero-order valence-corrected chi connectivity index (χ0v) is 24.4. The molecule has 1 saturated heterocycles. The van der Waals surface area contributed by atoms with E-state index in [0.717, 1.165) is 33.4 Å². The predicted octanol–water partition coefficient (Wildman–Crippen LogP) is 6.40. The first kappa shape index (κ1) is 29.3. The SMILES string of the molecule is Cc1cc(OCC2(O)CCS(O)(O)CC2)cc(C)c1-c1cccc(COc2ccc3c(c2)OC[C@H]3C(C)C(=O)O)c1. The summed E-state index contributed by atoms with van der Waals surface area (Å²) in [5.41, 5.74) is 5.11. The van der Waals surface area contributed by atoms with Crippen molar-refractivity contribution in [2.24, 2.45) is 5.92 Å². The number of carboxylic acid groups (broad SMARTS) is 1. The van der Waals surface area contributed by atoms with Crippen LogP contribution >= 0.6 is 10.6 Å². The Balaban J connectivity index is 1.24. The fraction of sp³-hybridized carbons (Fsp3) is 0.406. The number of rotatable bonds is 9. The lowest BCUT2D eigenvalue weighted by Crippen LogP contribution is -2.42. The maximum Gasteiger partial charge on any atom is 0.306 e. The van der Waals surface area contributed by atoms with E-state index in [-0.39, 0.29) is 24.0 Å². The molecule has 1 unspecified atom stereocenters. The first-order chi connectivity index (χ1) is 19.4. The van der Waals surface area contributed by atoms with Crippen molar-refractivity contribution in [1.82, 2.24) is 0 Å². The van der Waals surface area contributed by atoms with Crippen molar-refractivity contribution in [1.29, 1.82) is 0 Å². The molecular weight excluding hydrogens is 544 g/mol. The number of aliphatic hydroxyl groups is 1. The lowest BCUT2D eigenvalue weighted by atomic mass is 9.89. The van der Waals surface area contributed by atoms with Crippen molar-refractivity contribution in [2.75, 3.05) is 24.7 Å². The van der Waals surface area contributed by atoms with Gasteiger partial charge in [0.1, 0.15) is 36.1 Å². The maximum atomic E-state index is 11.4. The van der Waals surface area contributed by atoms with Crippen LogP contribution in [0.25, 0.3) is 11.1 Å². The highest BCUT2D eigenvalue weighted by Gasteiger charge is 2.36. The van der Waals surface area contributed by atoms with Crippen molar-refractivity contribution in [3.05, 3.63) is 76.9 Å². The average Bonchev–Trinajstić information content (AvgIpc) is 3.35. The van der Waals surface area contributed by atoms with Crippen LogP contribution in [0.1, 0.15) is 47.9 Å². The third-order valence-electron chi connectivity index (χ3n) is 8.22. The molecule has 220 valence electrons. The normalized spacial score (nSPS) is 20.4. The molecule has 9 heteroatoms. The third-order valence-corrected chi connectivity index (χ3v) is 9.94. The molecule has 0 bridgehead atoms. The van der Waals surface area contributed by atoms with E-state index in [4.69, 9.17) is 14.2 Å². The van der Waals surface area contributed by atoms with Gasteiger partial charge in [-0.15, -0.1) is 0 Å². The monoisotopic (exact) mass is 582 g/mol. The van der Waals surface area contributed by atoms with Gasteiger partial charge in [0.2, 0.25) is 0 Å². The summed E-state index contributed by atoms with van der Waals surface area (Å²) in [6.07, 6.45) is 0.617. The van der Waals surface area contributed by atoms with Gasteiger partial charge in [0.25, 0.3) is 0 Å². The minimum atomic E-state index is -2.57. The van der Waals surface area contributed by atoms with Gasteiger partial charge < -0.3 is 24.4 Å². The van der Waals surface area contributed by atoms with Crippen LogP contribution in [0.2, 0.25) is 0 Å². The molecule has 3 aromatic carbocycles. The number of hydrogen-bond donors (Lipinski definition) is 4. The summed E-state index contributed by atoms with van der Waals surface area (Å²) < 4.78 is 37.5. The lowest BCUT2D eigenvalue weighted by Gasteiger charge is -2.43. The molecule has 2 aliphatic heterocycles. The molecule has 3 aromatic rings. The van der Waals surface area contributed by atoms with E-state index >= 15 is 0 Å². The second-order valence-corrected chi connectivity index (χ2v) is 13.8. The second-order valence-electron chi connectivity index (χ2n) is 11.4. The molecule has 0 aliphatic carbocycles. The fourth-order valence-corrected chi connectivity index (χ4v) is 7.25. The highest BCUT2D eigenvalue weighted by atomic mass is 32.3. The number of aliphatic carboxylic acids is 1. The van der Waals surface area contributed by atoms with Gasteiger partial charge in [0.15, 0.2) is 0 Å². The molecule has 0 amide bonds. The minimum absolute atomic E-state index is 0.112. The van der Waals surface area contributed by atoms with Crippen molar-refractivity contribution in [2.45, 2.75) is 51.7 Å². The molecule has 2 aliphatic rings. The van der Waals surface area contributed by atoms with E-state index in [9.17, 15) is 24.1 Å². The quantitative estimate of drug-likeness (QED) is 0.228. The van der Waals surface area contributed by atoms with Crippen LogP contribution in [0.15, 0.2) is 54.6 Å². The molecule has 0 spiro atoms. The fourth-order valence-electron chi connectivity index (χ4n) is 5.63. The van der Waals surface area contributed by atoms with E-state index in [2.05, 4.69) is 12.1 Å². The molecule has 41 heavy (non-hydrogen) atoms. The van der Waals surface area contributed by atoms with Crippen LogP contribution in [0.3, 0.4) is 0 Å². The predicted molar refractivity (Wildman–Crippen MR) is 159 cm³/mol. The molecular formula is C32H38O8S. The second kappa shape index (κ2) is 11.6. The third kappa shape index (κ3) is 6.64. The zero-order chi connectivity index (χ0) is 29.4. The summed E-state index contributed by atoms with van der Waals surface area (Å²) in [6, 6.07) is 17.7. The van der Waals surface area contributed by atoms with Gasteiger partial charge >= 0.3 is 5.97 Å². The first-order valence-corrected chi connectivity index (χ1v) is 15.7. The largest absolute Gasteiger partial charge is 0.492 e. The van der Waals surface area contributed by atoms with Gasteiger partial charge in [-0.2, -0.15) is 10.6 Å². The van der Waals surface area contributed by atoms with Crippen molar-refractivity contribution >= 4 is 16.6 Å². The van der Waals surface area contributed by atoms with E-state index < -0.39 is 28.1 Å². The summed E-state index contributed by atoms with van der Waals surface area (Å²) in [5.74, 6) is 0.900. The number of fused-ring (bicyclic) bond motifs is 1. The molecule has 1 fully saturated rings. The van der Waals surface area contributed by atoms with Gasteiger partial charge in [0.05, 0.1) is 12.5 Å². The Labute approximate surface area is 242 Å². The highest BCUT2D eigenvalue weighted by molar-refractivity contribution is 8.24. The number of benzene rings is 3. The molecule has 0 aromatic heterocycles. The summed E-state index contributed by atoms with van der Waals surface area (Å²) in [4.78, 5) is 11.4. The number of carboxylic acids is 1. The Morgan fingerprint density at radius 1 is 1.02 bits per heavy atom. The molecule has 4 N–H and O–H groups in total. The zero-order valence-electron chi connectivity index (χ0n) is 23.6.